The van der Waals surface area contributed by atoms with E-state index in [0.717, 1.165) is 35.3 Å². The van der Waals surface area contributed by atoms with Gasteiger partial charge in [-0.25, -0.2) is 9.80 Å². The summed E-state index contributed by atoms with van der Waals surface area (Å²) in [4.78, 5) is 25.6. The SMILES string of the molecule is CCOC(=O)C1(C)CN(C(=O)Nc2cccc(OC(F)(F)F)c2)N=C1c1ccc(C(F)(F)F)c(Cl)c1. The minimum Gasteiger partial charge on any atom is -0.465 e. The van der Waals surface area contributed by atoms with Crippen LogP contribution in [0.15, 0.2) is 47.6 Å². The van der Waals surface area contributed by atoms with E-state index >= 15 is 0 Å². The van der Waals surface area contributed by atoms with Crippen LogP contribution in [0.4, 0.5) is 36.8 Å². The summed E-state index contributed by atoms with van der Waals surface area (Å²) in [7, 11) is 0. The number of amides is 2. The number of esters is 1. The highest BCUT2D eigenvalue weighted by atomic mass is 35.5. The van der Waals surface area contributed by atoms with E-state index in [1.54, 1.807) is 6.92 Å². The summed E-state index contributed by atoms with van der Waals surface area (Å²) in [6, 6.07) is 6.28. The zero-order valence-corrected chi connectivity index (χ0v) is 19.4. The van der Waals surface area contributed by atoms with Gasteiger partial charge in [0.15, 0.2) is 0 Å². The molecule has 0 saturated carbocycles. The number of hydrogen-bond acceptors (Lipinski definition) is 5. The molecule has 1 atom stereocenters. The van der Waals surface area contributed by atoms with Crippen molar-refractivity contribution in [2.24, 2.45) is 10.5 Å². The van der Waals surface area contributed by atoms with E-state index in [4.69, 9.17) is 16.3 Å². The van der Waals surface area contributed by atoms with Crippen molar-refractivity contribution >= 4 is 35.0 Å². The average Bonchev–Trinajstić information content (AvgIpc) is 3.11. The molecule has 1 aliphatic rings. The van der Waals surface area contributed by atoms with Gasteiger partial charge in [-0.3, -0.25) is 4.79 Å². The molecule has 7 nitrogen and oxygen atoms in total. The lowest BCUT2D eigenvalue weighted by Gasteiger charge is -2.24. The molecule has 0 fully saturated rings. The van der Waals surface area contributed by atoms with Crippen molar-refractivity contribution in [2.45, 2.75) is 26.4 Å². The Labute approximate surface area is 205 Å². The minimum atomic E-state index is -4.94. The van der Waals surface area contributed by atoms with Gasteiger partial charge in [-0.15, -0.1) is 13.2 Å². The fourth-order valence-electron chi connectivity index (χ4n) is 3.44. The van der Waals surface area contributed by atoms with Crippen molar-refractivity contribution in [3.8, 4) is 5.75 Å². The quantitative estimate of drug-likeness (QED) is 0.370. The highest BCUT2D eigenvalue weighted by molar-refractivity contribution is 6.32. The van der Waals surface area contributed by atoms with Crippen LogP contribution in [0.3, 0.4) is 0 Å². The Bertz CT molecular complexity index is 1200. The number of hydrazone groups is 1. The number of benzene rings is 2. The van der Waals surface area contributed by atoms with E-state index in [2.05, 4.69) is 15.2 Å². The van der Waals surface area contributed by atoms with Gasteiger partial charge in [0.1, 0.15) is 11.2 Å². The molecule has 0 bridgehead atoms. The summed E-state index contributed by atoms with van der Waals surface area (Å²) in [5, 5.41) is 6.62. The number of ether oxygens (including phenoxy) is 2. The number of halogens is 7. The van der Waals surface area contributed by atoms with E-state index in [1.807, 2.05) is 0 Å². The highest BCUT2D eigenvalue weighted by Crippen LogP contribution is 2.38. The van der Waals surface area contributed by atoms with Crippen LogP contribution in [-0.4, -0.2) is 42.2 Å². The lowest BCUT2D eigenvalue weighted by molar-refractivity contribution is -0.274. The molecule has 0 radical (unpaired) electrons. The Balaban J connectivity index is 1.93. The standard InChI is InChI=1S/C22H18ClF6N3O4/c1-3-35-18(33)20(2)11-32(19(34)30-13-5-4-6-14(10-13)36-22(27,28)29)31-17(20)12-7-8-15(16(23)9-12)21(24,25)26/h4-10H,3,11H2,1-2H3,(H,30,34). The number of carbonyl (C=O) groups excluding carboxylic acids is 2. The maximum Gasteiger partial charge on any atom is 0.573 e. The molecule has 0 spiro atoms. The molecule has 2 aromatic carbocycles. The first kappa shape index (κ1) is 27.1. The maximum absolute atomic E-state index is 13.1. The number of urea groups is 1. The van der Waals surface area contributed by atoms with E-state index in [-0.39, 0.29) is 30.1 Å². The molecule has 1 N–H and O–H groups in total. The maximum atomic E-state index is 13.1. The molecule has 0 saturated heterocycles. The second-order valence-electron chi connectivity index (χ2n) is 7.76. The third-order valence-electron chi connectivity index (χ3n) is 5.04. The summed E-state index contributed by atoms with van der Waals surface area (Å²) >= 11 is 5.82. The summed E-state index contributed by atoms with van der Waals surface area (Å²) < 4.78 is 85.7. The largest absolute Gasteiger partial charge is 0.573 e. The Hall–Kier alpha value is -3.48. The predicted octanol–water partition coefficient (Wildman–Crippen LogP) is 6.08. The predicted molar refractivity (Wildman–Crippen MR) is 117 cm³/mol. The van der Waals surface area contributed by atoms with E-state index in [9.17, 15) is 35.9 Å². The van der Waals surface area contributed by atoms with Crippen LogP contribution in [0, 0.1) is 5.41 Å². The van der Waals surface area contributed by atoms with E-state index in [1.165, 1.54) is 19.1 Å². The topological polar surface area (TPSA) is 80.2 Å². The normalized spacial score (nSPS) is 18.0. The lowest BCUT2D eigenvalue weighted by atomic mass is 9.82. The van der Waals surface area contributed by atoms with Crippen LogP contribution in [0.1, 0.15) is 25.0 Å². The Kier molecular flexibility index (Phi) is 7.44. The molecule has 194 valence electrons. The van der Waals surface area contributed by atoms with E-state index in [0.29, 0.717) is 0 Å². The van der Waals surface area contributed by atoms with Gasteiger partial charge in [0.05, 0.1) is 29.4 Å². The molecule has 36 heavy (non-hydrogen) atoms. The van der Waals surface area contributed by atoms with E-state index < -0.39 is 46.3 Å². The first-order valence-electron chi connectivity index (χ1n) is 10.2. The van der Waals surface area contributed by atoms with Crippen LogP contribution in [0.5, 0.6) is 5.75 Å². The molecular formula is C22H18ClF6N3O4. The molecular weight excluding hydrogens is 520 g/mol. The van der Waals surface area contributed by atoms with Crippen molar-refractivity contribution in [1.29, 1.82) is 0 Å². The Morgan fingerprint density at radius 3 is 2.42 bits per heavy atom. The Morgan fingerprint density at radius 1 is 1.14 bits per heavy atom. The second-order valence-corrected chi connectivity index (χ2v) is 8.16. The third kappa shape index (κ3) is 6.01. The van der Waals surface area contributed by atoms with Crippen molar-refractivity contribution in [2.75, 3.05) is 18.5 Å². The van der Waals surface area contributed by atoms with Gasteiger partial charge < -0.3 is 14.8 Å². The van der Waals surface area contributed by atoms with Crippen LogP contribution in [0.25, 0.3) is 0 Å². The smallest absolute Gasteiger partial charge is 0.465 e. The van der Waals surface area contributed by atoms with Crippen LogP contribution in [0.2, 0.25) is 5.02 Å². The van der Waals surface area contributed by atoms with Crippen LogP contribution < -0.4 is 10.1 Å². The fourth-order valence-corrected chi connectivity index (χ4v) is 3.72. The minimum absolute atomic E-state index is 0.0202. The zero-order valence-electron chi connectivity index (χ0n) is 18.6. The molecule has 2 amide bonds. The fraction of sp³-hybridized carbons (Fsp3) is 0.318. The third-order valence-corrected chi connectivity index (χ3v) is 5.35. The first-order chi connectivity index (χ1) is 16.6. The number of hydrogen-bond donors (Lipinski definition) is 1. The van der Waals surface area contributed by atoms with Gasteiger partial charge in [0.25, 0.3) is 0 Å². The Morgan fingerprint density at radius 2 is 1.83 bits per heavy atom. The molecule has 0 aliphatic carbocycles. The van der Waals surface area contributed by atoms with Crippen molar-refractivity contribution in [3.63, 3.8) is 0 Å². The molecule has 3 rings (SSSR count). The number of anilines is 1. The molecule has 14 heteroatoms. The highest BCUT2D eigenvalue weighted by Gasteiger charge is 2.49. The summed E-state index contributed by atoms with van der Waals surface area (Å²) in [6.07, 6.45) is -9.66. The molecule has 2 aromatic rings. The molecule has 1 heterocycles. The number of nitrogens with one attached hydrogen (secondary N) is 1. The van der Waals surface area contributed by atoms with Gasteiger partial charge in [-0.2, -0.15) is 18.3 Å². The number of rotatable bonds is 5. The second kappa shape index (κ2) is 9.88. The molecule has 1 unspecified atom stereocenters. The summed E-state index contributed by atoms with van der Waals surface area (Å²) in [6.45, 7) is 2.54. The summed E-state index contributed by atoms with van der Waals surface area (Å²) in [5.41, 5.74) is -2.79. The first-order valence-corrected chi connectivity index (χ1v) is 10.6. The number of nitrogens with zero attached hydrogens (tertiary/aromatic N) is 2. The van der Waals surface area contributed by atoms with Crippen molar-refractivity contribution in [3.05, 3.63) is 58.6 Å². The van der Waals surface area contributed by atoms with Gasteiger partial charge in [-0.05, 0) is 38.1 Å². The summed E-state index contributed by atoms with van der Waals surface area (Å²) in [5.74, 6) is -1.38. The van der Waals surface area contributed by atoms with Gasteiger partial charge in [0.2, 0.25) is 0 Å². The van der Waals surface area contributed by atoms with Gasteiger partial charge >= 0.3 is 24.5 Å². The number of carbonyl (C=O) groups is 2. The lowest BCUT2D eigenvalue weighted by Crippen LogP contribution is -2.42. The van der Waals surface area contributed by atoms with Crippen molar-refractivity contribution < 1.29 is 45.4 Å². The molecule has 1 aliphatic heterocycles. The van der Waals surface area contributed by atoms with Crippen LogP contribution in [-0.2, 0) is 15.7 Å². The number of alkyl halides is 6. The molecule has 0 aromatic heterocycles. The average molecular weight is 538 g/mol. The van der Waals surface area contributed by atoms with Crippen LogP contribution >= 0.6 is 11.6 Å². The van der Waals surface area contributed by atoms with Gasteiger partial charge in [0, 0.05) is 17.3 Å². The monoisotopic (exact) mass is 537 g/mol. The zero-order chi connectivity index (χ0) is 26.9. The van der Waals surface area contributed by atoms with Gasteiger partial charge in [-0.1, -0.05) is 23.7 Å². The van der Waals surface area contributed by atoms with Crippen molar-refractivity contribution in [1.82, 2.24) is 5.01 Å².